The largest absolute Gasteiger partial charge is 0.375 e. The summed E-state index contributed by atoms with van der Waals surface area (Å²) in [6.07, 6.45) is 2.90. The van der Waals surface area contributed by atoms with E-state index in [2.05, 4.69) is 5.32 Å². The van der Waals surface area contributed by atoms with Gasteiger partial charge in [0.15, 0.2) is 17.4 Å². The van der Waals surface area contributed by atoms with Crippen LogP contribution in [0, 0.1) is 23.0 Å². The molecule has 3 rings (SSSR count). The van der Waals surface area contributed by atoms with E-state index >= 15 is 0 Å². The summed E-state index contributed by atoms with van der Waals surface area (Å²) in [4.78, 5) is 27.2. The molecule has 7 heteroatoms. The average molecular weight is 489 g/mol. The van der Waals surface area contributed by atoms with Crippen molar-refractivity contribution in [2.24, 2.45) is 11.3 Å². The predicted molar refractivity (Wildman–Crippen MR) is 133 cm³/mol. The van der Waals surface area contributed by atoms with Crippen molar-refractivity contribution in [3.8, 4) is 11.3 Å². The van der Waals surface area contributed by atoms with Gasteiger partial charge in [-0.05, 0) is 48.4 Å². The van der Waals surface area contributed by atoms with Crippen LogP contribution in [-0.4, -0.2) is 28.9 Å². The number of carbonyl (C=O) groups is 2. The van der Waals surface area contributed by atoms with Crippen molar-refractivity contribution in [1.29, 1.82) is 0 Å². The molecule has 0 saturated heterocycles. The Balaban J connectivity index is 2.12. The minimum atomic E-state index is -0.931. The smallest absolute Gasteiger partial charge is 0.254 e. The standard InChI is InChI=1S/C28H38F2N2O3/c1-7-10-17(3)25(33)26(28(4,5)6)31-27(34)23-19(8-2)24(18-11-12-20(29)21(30)15-18)32-13-9-14-35-16-22(23)32/h11-12,15,17,26H,7-10,13-14,16H2,1-6H3,(H,31,34). The molecule has 5 nitrogen and oxygen atoms in total. The number of fused-ring (bicyclic) bond motifs is 1. The summed E-state index contributed by atoms with van der Waals surface area (Å²) in [5, 5.41) is 3.05. The summed E-state index contributed by atoms with van der Waals surface area (Å²) in [5.74, 6) is -2.32. The quantitative estimate of drug-likeness (QED) is 0.491. The van der Waals surface area contributed by atoms with Crippen molar-refractivity contribution in [3.05, 3.63) is 46.7 Å². The second kappa shape index (κ2) is 11.0. The normalized spacial score (nSPS) is 15.8. The van der Waals surface area contributed by atoms with E-state index in [1.54, 1.807) is 6.07 Å². The van der Waals surface area contributed by atoms with Gasteiger partial charge >= 0.3 is 0 Å². The first-order chi connectivity index (χ1) is 16.5. The van der Waals surface area contributed by atoms with Gasteiger partial charge in [0, 0.05) is 24.6 Å². The van der Waals surface area contributed by atoms with Crippen molar-refractivity contribution in [2.75, 3.05) is 6.61 Å². The molecular formula is C28H38F2N2O3. The van der Waals surface area contributed by atoms with E-state index in [1.165, 1.54) is 6.07 Å². The summed E-state index contributed by atoms with van der Waals surface area (Å²) in [6.45, 7) is 13.1. The minimum absolute atomic E-state index is 0.0214. The van der Waals surface area contributed by atoms with Crippen LogP contribution in [0.15, 0.2) is 18.2 Å². The number of rotatable bonds is 8. The van der Waals surface area contributed by atoms with E-state index in [1.807, 2.05) is 46.1 Å². The molecule has 1 aromatic carbocycles. The first-order valence-corrected chi connectivity index (χ1v) is 12.6. The number of hydrogen-bond acceptors (Lipinski definition) is 3. The Kier molecular flexibility index (Phi) is 8.52. The highest BCUT2D eigenvalue weighted by Gasteiger charge is 2.37. The molecule has 1 N–H and O–H groups in total. The third kappa shape index (κ3) is 5.66. The second-order valence-electron chi connectivity index (χ2n) is 10.6. The van der Waals surface area contributed by atoms with Gasteiger partial charge in [-0.1, -0.05) is 48.0 Å². The Morgan fingerprint density at radius 2 is 1.89 bits per heavy atom. The predicted octanol–water partition coefficient (Wildman–Crippen LogP) is 6.07. The molecule has 0 saturated carbocycles. The van der Waals surface area contributed by atoms with Crippen LogP contribution >= 0.6 is 0 Å². The SMILES string of the molecule is CCCC(C)C(=O)C(NC(=O)c1c(CC)c(-c2ccc(F)c(F)c2)n2c1COCCC2)C(C)(C)C. The molecule has 1 amide bonds. The topological polar surface area (TPSA) is 60.3 Å². The second-order valence-corrected chi connectivity index (χ2v) is 10.6. The maximum absolute atomic E-state index is 14.2. The van der Waals surface area contributed by atoms with Gasteiger partial charge in [-0.25, -0.2) is 8.78 Å². The fraction of sp³-hybridized carbons (Fsp3) is 0.571. The number of aromatic nitrogens is 1. The number of nitrogens with zero attached hydrogens (tertiary/aromatic N) is 1. The first-order valence-electron chi connectivity index (χ1n) is 12.6. The Hall–Kier alpha value is -2.54. The number of carbonyl (C=O) groups excluding carboxylic acids is 2. The van der Waals surface area contributed by atoms with Crippen LogP contribution in [0.2, 0.25) is 0 Å². The van der Waals surface area contributed by atoms with E-state index in [0.29, 0.717) is 42.1 Å². The van der Waals surface area contributed by atoms with E-state index in [4.69, 9.17) is 4.74 Å². The van der Waals surface area contributed by atoms with Crippen LogP contribution in [0.25, 0.3) is 11.3 Å². The Morgan fingerprint density at radius 3 is 2.49 bits per heavy atom. The Bertz CT molecular complexity index is 1080. The molecule has 2 heterocycles. The van der Waals surface area contributed by atoms with Crippen LogP contribution in [0.3, 0.4) is 0 Å². The van der Waals surface area contributed by atoms with Gasteiger partial charge in [-0.2, -0.15) is 0 Å². The molecule has 0 bridgehead atoms. The number of ether oxygens (including phenoxy) is 1. The van der Waals surface area contributed by atoms with Crippen LogP contribution < -0.4 is 5.32 Å². The van der Waals surface area contributed by atoms with Gasteiger partial charge in [-0.15, -0.1) is 0 Å². The van der Waals surface area contributed by atoms with E-state index in [-0.39, 0.29) is 24.2 Å². The van der Waals surface area contributed by atoms with Gasteiger partial charge in [0.2, 0.25) is 0 Å². The van der Waals surface area contributed by atoms with Crippen molar-refractivity contribution < 1.29 is 23.1 Å². The van der Waals surface area contributed by atoms with Crippen molar-refractivity contribution in [2.45, 2.75) is 86.4 Å². The fourth-order valence-corrected chi connectivity index (χ4v) is 4.98. The summed E-state index contributed by atoms with van der Waals surface area (Å²) in [7, 11) is 0. The molecule has 1 aliphatic rings. The number of benzene rings is 1. The highest BCUT2D eigenvalue weighted by Crippen LogP contribution is 2.36. The maximum atomic E-state index is 14.2. The van der Waals surface area contributed by atoms with E-state index in [9.17, 15) is 18.4 Å². The van der Waals surface area contributed by atoms with Crippen LogP contribution in [0.4, 0.5) is 8.78 Å². The number of hydrogen-bond donors (Lipinski definition) is 1. The van der Waals surface area contributed by atoms with Gasteiger partial charge in [0.25, 0.3) is 5.91 Å². The molecule has 2 unspecified atom stereocenters. The molecule has 192 valence electrons. The third-order valence-electron chi connectivity index (χ3n) is 6.79. The van der Waals surface area contributed by atoms with Crippen LogP contribution in [0.5, 0.6) is 0 Å². The lowest BCUT2D eigenvalue weighted by molar-refractivity contribution is -0.126. The summed E-state index contributed by atoms with van der Waals surface area (Å²) < 4.78 is 35.7. The van der Waals surface area contributed by atoms with Crippen molar-refractivity contribution >= 4 is 11.7 Å². The van der Waals surface area contributed by atoms with Gasteiger partial charge in [-0.3, -0.25) is 9.59 Å². The number of amides is 1. The molecule has 2 atom stereocenters. The number of halogens is 2. The molecule has 0 aliphatic carbocycles. The van der Waals surface area contributed by atoms with E-state index < -0.39 is 23.1 Å². The number of nitrogens with one attached hydrogen (secondary N) is 1. The molecule has 0 fully saturated rings. The molecule has 2 aromatic rings. The number of Topliss-reactive ketones (excluding diaryl/α,β-unsaturated/α-hetero) is 1. The fourth-order valence-electron chi connectivity index (χ4n) is 4.98. The van der Waals surface area contributed by atoms with E-state index in [0.717, 1.165) is 30.9 Å². The Morgan fingerprint density at radius 1 is 1.17 bits per heavy atom. The van der Waals surface area contributed by atoms with Crippen LogP contribution in [-0.2, 0) is 29.1 Å². The van der Waals surface area contributed by atoms with Gasteiger partial charge in [0.1, 0.15) is 0 Å². The number of ketones is 1. The van der Waals surface area contributed by atoms with Gasteiger partial charge < -0.3 is 14.6 Å². The highest BCUT2D eigenvalue weighted by molar-refractivity contribution is 6.02. The van der Waals surface area contributed by atoms with Crippen molar-refractivity contribution in [3.63, 3.8) is 0 Å². The third-order valence-corrected chi connectivity index (χ3v) is 6.79. The molecule has 1 aromatic heterocycles. The summed E-state index contributed by atoms with van der Waals surface area (Å²) >= 11 is 0. The summed E-state index contributed by atoms with van der Waals surface area (Å²) in [5.41, 5.74) is 2.67. The average Bonchev–Trinajstić information content (AvgIpc) is 2.92. The zero-order chi connectivity index (χ0) is 25.9. The van der Waals surface area contributed by atoms with Gasteiger partial charge in [0.05, 0.1) is 29.6 Å². The molecular weight excluding hydrogens is 450 g/mol. The molecule has 1 aliphatic heterocycles. The molecule has 0 spiro atoms. The highest BCUT2D eigenvalue weighted by atomic mass is 19.2. The molecule has 35 heavy (non-hydrogen) atoms. The monoisotopic (exact) mass is 488 g/mol. The lowest BCUT2D eigenvalue weighted by Crippen LogP contribution is -2.51. The lowest BCUT2D eigenvalue weighted by atomic mass is 9.79. The minimum Gasteiger partial charge on any atom is -0.375 e. The van der Waals surface area contributed by atoms with Crippen LogP contribution in [0.1, 0.15) is 82.4 Å². The molecule has 0 radical (unpaired) electrons. The maximum Gasteiger partial charge on any atom is 0.254 e. The zero-order valence-corrected chi connectivity index (χ0v) is 21.8. The van der Waals surface area contributed by atoms with Crippen molar-refractivity contribution in [1.82, 2.24) is 9.88 Å². The Labute approximate surface area is 207 Å². The first kappa shape index (κ1) is 27.1. The summed E-state index contributed by atoms with van der Waals surface area (Å²) in [6, 6.07) is 3.18. The zero-order valence-electron chi connectivity index (χ0n) is 21.8. The lowest BCUT2D eigenvalue weighted by Gasteiger charge is -2.32.